The summed E-state index contributed by atoms with van der Waals surface area (Å²) >= 11 is 1.84. The number of rotatable bonds is 4. The molecule has 0 aliphatic carbocycles. The molecule has 0 radical (unpaired) electrons. The summed E-state index contributed by atoms with van der Waals surface area (Å²) in [6.45, 7) is 5.00. The molecule has 0 unspecified atom stereocenters. The highest BCUT2D eigenvalue weighted by Crippen LogP contribution is 2.18. The van der Waals surface area contributed by atoms with Gasteiger partial charge in [-0.15, -0.1) is 16.4 Å². The number of fused-ring (bicyclic) bond motifs is 1. The van der Waals surface area contributed by atoms with Crippen molar-refractivity contribution in [3.05, 3.63) is 45.8 Å². The maximum Gasteiger partial charge on any atom is 0.243 e. The molecule has 19 heavy (non-hydrogen) atoms. The Morgan fingerprint density at radius 1 is 1.21 bits per heavy atom. The van der Waals surface area contributed by atoms with Crippen molar-refractivity contribution in [2.45, 2.75) is 26.8 Å². The highest BCUT2D eigenvalue weighted by atomic mass is 32.1. The van der Waals surface area contributed by atoms with Crippen LogP contribution in [0.4, 0.5) is 5.95 Å². The number of aromatic nitrogens is 3. The quantitative estimate of drug-likeness (QED) is 0.792. The largest absolute Gasteiger partial charge is 0.348 e. The van der Waals surface area contributed by atoms with Crippen LogP contribution in [-0.2, 0) is 13.0 Å². The molecule has 0 atom stereocenters. The van der Waals surface area contributed by atoms with E-state index in [1.807, 2.05) is 41.1 Å². The molecule has 3 aromatic rings. The van der Waals surface area contributed by atoms with Crippen molar-refractivity contribution < 1.29 is 0 Å². The highest BCUT2D eigenvalue weighted by Gasteiger charge is 2.04. The lowest BCUT2D eigenvalue weighted by molar-refractivity contribution is 0.944. The van der Waals surface area contributed by atoms with Gasteiger partial charge in [0.2, 0.25) is 5.95 Å². The fraction of sp³-hybridized carbons (Fsp3) is 0.286. The summed E-state index contributed by atoms with van der Waals surface area (Å²) in [5.74, 6) is 0.678. The molecule has 0 bridgehead atoms. The van der Waals surface area contributed by atoms with Crippen molar-refractivity contribution in [2.75, 3.05) is 5.32 Å². The zero-order valence-electron chi connectivity index (χ0n) is 11.1. The van der Waals surface area contributed by atoms with Crippen LogP contribution in [0.15, 0.2) is 30.5 Å². The van der Waals surface area contributed by atoms with E-state index in [1.165, 1.54) is 15.3 Å². The minimum absolute atomic E-state index is 0.678. The van der Waals surface area contributed by atoms with Crippen LogP contribution in [0.5, 0.6) is 0 Å². The van der Waals surface area contributed by atoms with Gasteiger partial charge in [0.15, 0.2) is 5.65 Å². The Morgan fingerprint density at radius 3 is 2.84 bits per heavy atom. The Balaban J connectivity index is 1.74. The Bertz CT molecular complexity index is 698. The topological polar surface area (TPSA) is 42.2 Å². The van der Waals surface area contributed by atoms with E-state index in [0.29, 0.717) is 5.95 Å². The SMILES string of the molecule is CCc1ccc(CNc2nc3ccc(C)cn3n2)s1. The van der Waals surface area contributed by atoms with Crippen molar-refractivity contribution in [2.24, 2.45) is 0 Å². The lowest BCUT2D eigenvalue weighted by Gasteiger charge is -1.97. The molecule has 3 rings (SSSR count). The summed E-state index contributed by atoms with van der Waals surface area (Å²) in [5.41, 5.74) is 2.04. The van der Waals surface area contributed by atoms with E-state index in [2.05, 4.69) is 34.5 Å². The molecule has 0 amide bonds. The van der Waals surface area contributed by atoms with Crippen molar-refractivity contribution in [3.8, 4) is 0 Å². The van der Waals surface area contributed by atoms with Gasteiger partial charge in [-0.05, 0) is 37.1 Å². The molecule has 0 aromatic carbocycles. The van der Waals surface area contributed by atoms with E-state index in [-0.39, 0.29) is 0 Å². The second kappa shape index (κ2) is 5.01. The highest BCUT2D eigenvalue weighted by molar-refractivity contribution is 7.12. The van der Waals surface area contributed by atoms with Gasteiger partial charge in [-0.1, -0.05) is 13.0 Å². The first-order valence-corrected chi connectivity index (χ1v) is 7.21. The van der Waals surface area contributed by atoms with Crippen molar-refractivity contribution in [3.63, 3.8) is 0 Å². The molecule has 4 nitrogen and oxygen atoms in total. The molecule has 1 N–H and O–H groups in total. The molecule has 98 valence electrons. The zero-order chi connectivity index (χ0) is 13.2. The number of nitrogens with one attached hydrogen (secondary N) is 1. The van der Waals surface area contributed by atoms with E-state index >= 15 is 0 Å². The maximum atomic E-state index is 4.44. The van der Waals surface area contributed by atoms with Gasteiger partial charge in [0.05, 0.1) is 6.54 Å². The van der Waals surface area contributed by atoms with Crippen LogP contribution in [-0.4, -0.2) is 14.6 Å². The monoisotopic (exact) mass is 272 g/mol. The lowest BCUT2D eigenvalue weighted by Crippen LogP contribution is -1.99. The Morgan fingerprint density at radius 2 is 2.05 bits per heavy atom. The molecule has 5 heteroatoms. The van der Waals surface area contributed by atoms with Crippen molar-refractivity contribution in [1.29, 1.82) is 0 Å². The summed E-state index contributed by atoms with van der Waals surface area (Å²) in [7, 11) is 0. The van der Waals surface area contributed by atoms with E-state index in [9.17, 15) is 0 Å². The van der Waals surface area contributed by atoms with Crippen LogP contribution >= 0.6 is 11.3 Å². The summed E-state index contributed by atoms with van der Waals surface area (Å²) in [5, 5.41) is 7.69. The number of thiophene rings is 1. The molecule has 0 aliphatic heterocycles. The normalized spacial score (nSPS) is 11.1. The fourth-order valence-corrected chi connectivity index (χ4v) is 2.83. The van der Waals surface area contributed by atoms with Crippen LogP contribution < -0.4 is 5.32 Å². The number of hydrogen-bond donors (Lipinski definition) is 1. The van der Waals surface area contributed by atoms with E-state index in [0.717, 1.165) is 18.6 Å². The molecule has 0 saturated heterocycles. The minimum atomic E-state index is 0.678. The van der Waals surface area contributed by atoms with Crippen LogP contribution in [0.2, 0.25) is 0 Å². The third-order valence-corrected chi connectivity index (χ3v) is 4.19. The summed E-state index contributed by atoms with van der Waals surface area (Å²) < 4.78 is 1.81. The molecule has 0 saturated carbocycles. The first-order chi connectivity index (χ1) is 9.24. The summed E-state index contributed by atoms with van der Waals surface area (Å²) in [6.07, 6.45) is 3.07. The predicted octanol–water partition coefficient (Wildman–Crippen LogP) is 3.27. The van der Waals surface area contributed by atoms with E-state index < -0.39 is 0 Å². The number of anilines is 1. The van der Waals surface area contributed by atoms with E-state index in [1.54, 1.807) is 0 Å². The van der Waals surface area contributed by atoms with Crippen molar-refractivity contribution >= 4 is 22.9 Å². The molecule has 0 aliphatic rings. The molecule has 0 fully saturated rings. The zero-order valence-corrected chi connectivity index (χ0v) is 11.9. The van der Waals surface area contributed by atoms with Gasteiger partial charge in [-0.3, -0.25) is 0 Å². The third kappa shape index (κ3) is 2.61. The van der Waals surface area contributed by atoms with Gasteiger partial charge in [-0.25, -0.2) is 4.52 Å². The average Bonchev–Trinajstić information content (AvgIpc) is 3.01. The molecule has 0 spiro atoms. The van der Waals surface area contributed by atoms with Gasteiger partial charge >= 0.3 is 0 Å². The molecular weight excluding hydrogens is 256 g/mol. The first-order valence-electron chi connectivity index (χ1n) is 6.39. The predicted molar refractivity (Wildman–Crippen MR) is 78.7 cm³/mol. The number of hydrogen-bond acceptors (Lipinski definition) is 4. The summed E-state index contributed by atoms with van der Waals surface area (Å²) in [6, 6.07) is 8.37. The fourth-order valence-electron chi connectivity index (χ4n) is 1.93. The standard InChI is InChI=1S/C14H16N4S/c1-3-11-5-6-12(19-11)8-15-14-16-13-7-4-10(2)9-18(13)17-14/h4-7,9H,3,8H2,1-2H3,(H,15,17). The van der Waals surface area contributed by atoms with Gasteiger partial charge in [0.1, 0.15) is 0 Å². The van der Waals surface area contributed by atoms with Crippen LogP contribution in [0.3, 0.4) is 0 Å². The van der Waals surface area contributed by atoms with Crippen LogP contribution in [0, 0.1) is 6.92 Å². The average molecular weight is 272 g/mol. The van der Waals surface area contributed by atoms with Crippen molar-refractivity contribution in [1.82, 2.24) is 14.6 Å². The first kappa shape index (κ1) is 12.2. The molecular formula is C14H16N4S. The maximum absolute atomic E-state index is 4.44. The lowest BCUT2D eigenvalue weighted by atomic mass is 10.3. The smallest absolute Gasteiger partial charge is 0.243 e. The second-order valence-corrected chi connectivity index (χ2v) is 5.77. The van der Waals surface area contributed by atoms with Gasteiger partial charge in [0.25, 0.3) is 0 Å². The van der Waals surface area contributed by atoms with Gasteiger partial charge in [0, 0.05) is 16.0 Å². The number of nitrogens with zero attached hydrogens (tertiary/aromatic N) is 3. The van der Waals surface area contributed by atoms with Crippen LogP contribution in [0.25, 0.3) is 5.65 Å². The summed E-state index contributed by atoms with van der Waals surface area (Å²) in [4.78, 5) is 7.17. The Kier molecular flexibility index (Phi) is 3.21. The minimum Gasteiger partial charge on any atom is -0.348 e. The second-order valence-electron chi connectivity index (χ2n) is 4.52. The van der Waals surface area contributed by atoms with Crippen LogP contribution in [0.1, 0.15) is 22.2 Å². The number of aryl methyl sites for hydroxylation is 2. The molecule has 3 heterocycles. The Labute approximate surface area is 116 Å². The number of pyridine rings is 1. The van der Waals surface area contributed by atoms with Gasteiger partial charge in [-0.2, -0.15) is 4.98 Å². The Hall–Kier alpha value is -1.88. The molecule has 3 aromatic heterocycles. The van der Waals surface area contributed by atoms with E-state index in [4.69, 9.17) is 0 Å². The third-order valence-electron chi connectivity index (χ3n) is 2.97. The van der Waals surface area contributed by atoms with Gasteiger partial charge < -0.3 is 5.32 Å².